The Morgan fingerprint density at radius 3 is 2.43 bits per heavy atom. The Morgan fingerprint density at radius 2 is 1.93 bits per heavy atom. The minimum atomic E-state index is -1.64. The van der Waals surface area contributed by atoms with Gasteiger partial charge in [-0.25, -0.2) is 4.79 Å². The minimum Gasteiger partial charge on any atom is -0.479 e. The summed E-state index contributed by atoms with van der Waals surface area (Å²) in [5.74, 6) is -1.35. The van der Waals surface area contributed by atoms with Crippen molar-refractivity contribution in [1.82, 2.24) is 0 Å². The van der Waals surface area contributed by atoms with Crippen LogP contribution in [0.5, 0.6) is 0 Å². The molecule has 0 saturated heterocycles. The molecule has 5 heteroatoms. The Kier molecular flexibility index (Phi) is 3.37. The van der Waals surface area contributed by atoms with E-state index in [9.17, 15) is 9.90 Å². The summed E-state index contributed by atoms with van der Waals surface area (Å²) in [5, 5.41) is 18.4. The molecule has 14 heavy (non-hydrogen) atoms. The van der Waals surface area contributed by atoms with E-state index in [4.69, 9.17) is 28.3 Å². The van der Waals surface area contributed by atoms with Gasteiger partial charge in [0.2, 0.25) is 0 Å². The third kappa shape index (κ3) is 2.18. The molecule has 0 bridgehead atoms. The van der Waals surface area contributed by atoms with E-state index in [1.807, 2.05) is 0 Å². The van der Waals surface area contributed by atoms with Gasteiger partial charge in [0.05, 0.1) is 0 Å². The molecular formula is C9H8Cl2O3. The van der Waals surface area contributed by atoms with Crippen molar-refractivity contribution in [2.24, 2.45) is 0 Å². The zero-order valence-corrected chi connectivity index (χ0v) is 8.80. The van der Waals surface area contributed by atoms with E-state index >= 15 is 0 Å². The predicted octanol–water partition coefficient (Wildman–Crippen LogP) is 2.42. The molecule has 1 aromatic carbocycles. The normalized spacial score (nSPS) is 12.6. The van der Waals surface area contributed by atoms with Crippen LogP contribution in [0, 0.1) is 6.92 Å². The second-order valence-electron chi connectivity index (χ2n) is 2.86. The highest BCUT2D eigenvalue weighted by molar-refractivity contribution is 6.34. The van der Waals surface area contributed by atoms with Crippen LogP contribution in [-0.2, 0) is 4.79 Å². The van der Waals surface area contributed by atoms with Crippen LogP contribution >= 0.6 is 23.2 Å². The van der Waals surface area contributed by atoms with E-state index in [-0.39, 0.29) is 10.6 Å². The molecule has 1 aromatic rings. The molecule has 0 spiro atoms. The van der Waals surface area contributed by atoms with Gasteiger partial charge in [-0.15, -0.1) is 0 Å². The van der Waals surface area contributed by atoms with Crippen LogP contribution in [0.15, 0.2) is 12.1 Å². The molecule has 2 N–H and O–H groups in total. The van der Waals surface area contributed by atoms with Crippen molar-refractivity contribution in [3.8, 4) is 0 Å². The lowest BCUT2D eigenvalue weighted by Crippen LogP contribution is -2.11. The van der Waals surface area contributed by atoms with Crippen LogP contribution in [0.2, 0.25) is 10.0 Å². The number of carboxylic acid groups (broad SMARTS) is 1. The SMILES string of the molecule is Cc1cc(Cl)c(C(O)C(=O)O)cc1Cl. The van der Waals surface area contributed by atoms with Gasteiger partial charge < -0.3 is 10.2 Å². The fourth-order valence-electron chi connectivity index (χ4n) is 1.00. The summed E-state index contributed by atoms with van der Waals surface area (Å²) in [6.07, 6.45) is -1.64. The average molecular weight is 235 g/mol. The zero-order valence-electron chi connectivity index (χ0n) is 7.29. The summed E-state index contributed by atoms with van der Waals surface area (Å²) in [4.78, 5) is 10.5. The Morgan fingerprint density at radius 1 is 1.36 bits per heavy atom. The van der Waals surface area contributed by atoms with Crippen LogP contribution in [0.3, 0.4) is 0 Å². The number of aliphatic hydroxyl groups excluding tert-OH is 1. The summed E-state index contributed by atoms with van der Waals surface area (Å²) in [5.41, 5.74) is 0.841. The number of aliphatic hydroxyl groups is 1. The summed E-state index contributed by atoms with van der Waals surface area (Å²) in [7, 11) is 0. The molecule has 0 saturated carbocycles. The number of hydrogen-bond donors (Lipinski definition) is 2. The maximum Gasteiger partial charge on any atom is 0.337 e. The van der Waals surface area contributed by atoms with Gasteiger partial charge in [-0.1, -0.05) is 23.2 Å². The predicted molar refractivity (Wildman–Crippen MR) is 53.8 cm³/mol. The van der Waals surface area contributed by atoms with Crippen LogP contribution in [0.4, 0.5) is 0 Å². The second-order valence-corrected chi connectivity index (χ2v) is 3.68. The zero-order chi connectivity index (χ0) is 10.9. The summed E-state index contributed by atoms with van der Waals surface area (Å²) < 4.78 is 0. The van der Waals surface area contributed by atoms with Crippen molar-refractivity contribution in [2.45, 2.75) is 13.0 Å². The minimum absolute atomic E-state index is 0.106. The van der Waals surface area contributed by atoms with Crippen molar-refractivity contribution in [2.75, 3.05) is 0 Å². The van der Waals surface area contributed by atoms with Crippen LogP contribution in [0.1, 0.15) is 17.2 Å². The molecule has 0 amide bonds. The largest absolute Gasteiger partial charge is 0.479 e. The van der Waals surface area contributed by atoms with Gasteiger partial charge in [-0.05, 0) is 24.6 Å². The first kappa shape index (κ1) is 11.3. The maximum absolute atomic E-state index is 10.5. The maximum atomic E-state index is 10.5. The number of halogens is 2. The molecule has 3 nitrogen and oxygen atoms in total. The second kappa shape index (κ2) is 4.17. The van der Waals surface area contributed by atoms with Crippen molar-refractivity contribution in [3.63, 3.8) is 0 Å². The third-order valence-corrected chi connectivity index (χ3v) is 2.54. The summed E-state index contributed by atoms with van der Waals surface area (Å²) in [6.45, 7) is 1.74. The quantitative estimate of drug-likeness (QED) is 0.827. The lowest BCUT2D eigenvalue weighted by Gasteiger charge is -2.09. The number of benzene rings is 1. The van der Waals surface area contributed by atoms with Crippen molar-refractivity contribution in [1.29, 1.82) is 0 Å². The lowest BCUT2D eigenvalue weighted by molar-refractivity contribution is -0.146. The molecule has 0 aromatic heterocycles. The Bertz CT molecular complexity index is 377. The molecule has 1 unspecified atom stereocenters. The number of carbonyl (C=O) groups is 1. The summed E-state index contributed by atoms with van der Waals surface area (Å²) in [6, 6.07) is 2.88. The number of carboxylic acids is 1. The summed E-state index contributed by atoms with van der Waals surface area (Å²) >= 11 is 11.5. The first-order chi connectivity index (χ1) is 6.43. The molecule has 1 atom stereocenters. The van der Waals surface area contributed by atoms with Crippen molar-refractivity contribution < 1.29 is 15.0 Å². The van der Waals surface area contributed by atoms with Crippen LogP contribution in [-0.4, -0.2) is 16.2 Å². The van der Waals surface area contributed by atoms with Crippen LogP contribution < -0.4 is 0 Å². The molecular weight excluding hydrogens is 227 g/mol. The number of rotatable bonds is 2. The Labute approximate surface area is 90.9 Å². The Balaban J connectivity index is 3.22. The van der Waals surface area contributed by atoms with Gasteiger partial charge in [0.1, 0.15) is 0 Å². The van der Waals surface area contributed by atoms with E-state index < -0.39 is 12.1 Å². The molecule has 0 radical (unpaired) electrons. The molecule has 1 rings (SSSR count). The average Bonchev–Trinajstić information content (AvgIpc) is 2.10. The smallest absolute Gasteiger partial charge is 0.337 e. The fraction of sp³-hybridized carbons (Fsp3) is 0.222. The topological polar surface area (TPSA) is 57.5 Å². The van der Waals surface area contributed by atoms with Gasteiger partial charge in [-0.2, -0.15) is 0 Å². The first-order valence-electron chi connectivity index (χ1n) is 3.80. The van der Waals surface area contributed by atoms with E-state index in [0.717, 1.165) is 5.56 Å². The van der Waals surface area contributed by atoms with E-state index in [1.54, 1.807) is 6.92 Å². The molecule has 76 valence electrons. The lowest BCUT2D eigenvalue weighted by atomic mass is 10.1. The highest BCUT2D eigenvalue weighted by Crippen LogP contribution is 2.29. The molecule has 0 aliphatic rings. The highest BCUT2D eigenvalue weighted by Gasteiger charge is 2.19. The highest BCUT2D eigenvalue weighted by atomic mass is 35.5. The van der Waals surface area contributed by atoms with Crippen LogP contribution in [0.25, 0.3) is 0 Å². The standard InChI is InChI=1S/C9H8Cl2O3/c1-4-2-7(11)5(3-6(4)10)8(12)9(13)14/h2-3,8,12H,1H3,(H,13,14). The monoisotopic (exact) mass is 234 g/mol. The van der Waals surface area contributed by atoms with Gasteiger partial charge in [-0.3, -0.25) is 0 Å². The van der Waals surface area contributed by atoms with Gasteiger partial charge >= 0.3 is 5.97 Å². The third-order valence-electron chi connectivity index (χ3n) is 1.81. The van der Waals surface area contributed by atoms with E-state index in [1.165, 1.54) is 12.1 Å². The van der Waals surface area contributed by atoms with Gasteiger partial charge in [0.15, 0.2) is 6.10 Å². The number of aryl methyl sites for hydroxylation is 1. The van der Waals surface area contributed by atoms with Gasteiger partial charge in [0, 0.05) is 15.6 Å². The number of hydrogen-bond acceptors (Lipinski definition) is 2. The number of aliphatic carboxylic acids is 1. The van der Waals surface area contributed by atoms with E-state index in [2.05, 4.69) is 0 Å². The Hall–Kier alpha value is -0.770. The van der Waals surface area contributed by atoms with Crippen molar-refractivity contribution in [3.05, 3.63) is 33.3 Å². The van der Waals surface area contributed by atoms with Crippen molar-refractivity contribution >= 4 is 29.2 Å². The molecule has 0 aliphatic carbocycles. The molecule has 0 heterocycles. The molecule has 0 fully saturated rings. The van der Waals surface area contributed by atoms with Gasteiger partial charge in [0.25, 0.3) is 0 Å². The first-order valence-corrected chi connectivity index (χ1v) is 4.55. The molecule has 0 aliphatic heterocycles. The van der Waals surface area contributed by atoms with E-state index in [0.29, 0.717) is 5.02 Å². The fourth-order valence-corrected chi connectivity index (χ4v) is 1.50.